The molecule has 0 aliphatic rings. The van der Waals surface area contributed by atoms with E-state index < -0.39 is 0 Å². The second kappa shape index (κ2) is 4.89. The first-order valence-corrected chi connectivity index (χ1v) is 7.02. The summed E-state index contributed by atoms with van der Waals surface area (Å²) in [6, 6.07) is 14.2. The van der Waals surface area contributed by atoms with Gasteiger partial charge in [0.05, 0.1) is 28.8 Å². The Kier molecular flexibility index (Phi) is 2.88. The molecule has 0 N–H and O–H groups in total. The number of fused-ring (bicyclic) bond motifs is 3. The van der Waals surface area contributed by atoms with E-state index in [1.165, 1.54) is 0 Å². The summed E-state index contributed by atoms with van der Waals surface area (Å²) in [5, 5.41) is 0.972. The maximum Gasteiger partial charge on any atom is 0.482 e. The molecule has 0 aliphatic carbocycles. The second-order valence-corrected chi connectivity index (χ2v) is 4.93. The molecule has 4 aromatic rings. The number of para-hydroxylation sites is 1. The van der Waals surface area contributed by atoms with Crippen molar-refractivity contribution in [3.63, 3.8) is 0 Å². The Morgan fingerprint density at radius 3 is 2.62 bits per heavy atom. The van der Waals surface area contributed by atoms with Gasteiger partial charge in [-0.25, -0.2) is 0 Å². The highest BCUT2D eigenvalue weighted by Gasteiger charge is 2.15. The van der Waals surface area contributed by atoms with Gasteiger partial charge in [0.2, 0.25) is 0 Å². The minimum absolute atomic E-state index is 0.705. The minimum atomic E-state index is 0.705. The van der Waals surface area contributed by atoms with Crippen LogP contribution in [0.2, 0.25) is 0 Å². The molecule has 0 spiro atoms. The van der Waals surface area contributed by atoms with Crippen LogP contribution in [0.25, 0.3) is 27.6 Å². The van der Waals surface area contributed by atoms with Crippen molar-refractivity contribution in [3.8, 4) is 11.4 Å². The lowest BCUT2D eigenvalue weighted by Crippen LogP contribution is -1.94. The fraction of sp³-hybridized carbons (Fsp3) is 0. The van der Waals surface area contributed by atoms with Crippen molar-refractivity contribution in [2.24, 2.45) is 0 Å². The molecule has 2 radical (unpaired) electrons. The third-order valence-corrected chi connectivity index (χ3v) is 3.79. The number of hydrogen-bond donors (Lipinski definition) is 0. The molecule has 0 atom stereocenters. The topological polar surface area (TPSA) is 39.9 Å². The average molecular weight is 287 g/mol. The van der Waals surface area contributed by atoms with E-state index in [2.05, 4.69) is 49.4 Å². The largest absolute Gasteiger partial charge is 0.652 e. The molecule has 98 valence electrons. The second-order valence-electron chi connectivity index (χ2n) is 4.69. The van der Waals surface area contributed by atoms with Gasteiger partial charge in [-0.15, -0.1) is 0 Å². The Morgan fingerprint density at radius 2 is 1.81 bits per heavy atom. The first kappa shape index (κ1) is 12.4. The van der Waals surface area contributed by atoms with E-state index in [9.17, 15) is 0 Å². The van der Waals surface area contributed by atoms with Gasteiger partial charge in [-0.1, -0.05) is 18.2 Å². The third kappa shape index (κ3) is 1.83. The van der Waals surface area contributed by atoms with Crippen molar-refractivity contribution in [3.05, 3.63) is 61.1 Å². The molecule has 4 nitrogen and oxygen atoms in total. The van der Waals surface area contributed by atoms with Crippen LogP contribution in [0.15, 0.2) is 61.1 Å². The molecule has 3 heterocycles. The average Bonchev–Trinajstić information content (AvgIpc) is 2.90. The number of pyridine rings is 2. The lowest BCUT2D eigenvalue weighted by Gasteiger charge is -2.07. The first-order chi connectivity index (χ1) is 10.4. The molecule has 0 fully saturated rings. The van der Waals surface area contributed by atoms with E-state index in [-0.39, 0.29) is 0 Å². The third-order valence-electron chi connectivity index (χ3n) is 3.54. The standard InChI is InChI=1S/C16H11N3O.Al/c20-14-10-17-9-13-15(14)16-12(7-4-8-18-16)19(13)11-5-2-1-3-6-11;/h1-10,20H;/q;+1/p-1. The van der Waals surface area contributed by atoms with Crippen LogP contribution >= 0.6 is 0 Å². The number of aromatic nitrogens is 3. The Labute approximate surface area is 129 Å². The summed E-state index contributed by atoms with van der Waals surface area (Å²) in [5.74, 6) is 0.705. The molecule has 4 rings (SSSR count). The normalized spacial score (nSPS) is 11.0. The summed E-state index contributed by atoms with van der Waals surface area (Å²) < 4.78 is 7.54. The van der Waals surface area contributed by atoms with Crippen molar-refractivity contribution >= 4 is 38.6 Å². The smallest absolute Gasteiger partial charge is 0.482 e. The molecule has 0 saturated carbocycles. The van der Waals surface area contributed by atoms with E-state index in [0.29, 0.717) is 5.75 Å². The van der Waals surface area contributed by atoms with Crippen molar-refractivity contribution in [1.29, 1.82) is 0 Å². The zero-order valence-corrected chi connectivity index (χ0v) is 12.3. The number of benzene rings is 1. The van der Waals surface area contributed by atoms with Crippen LogP contribution in [0.5, 0.6) is 5.75 Å². The van der Waals surface area contributed by atoms with Crippen LogP contribution in [-0.2, 0) is 0 Å². The summed E-state index contributed by atoms with van der Waals surface area (Å²) in [6.45, 7) is 0. The predicted molar refractivity (Wildman–Crippen MR) is 82.8 cm³/mol. The highest BCUT2D eigenvalue weighted by molar-refractivity contribution is 6.11. The molecule has 0 saturated heterocycles. The molecule has 0 amide bonds. The number of nitrogens with zero attached hydrogens (tertiary/aromatic N) is 3. The zero-order chi connectivity index (χ0) is 14.2. The van der Waals surface area contributed by atoms with Crippen molar-refractivity contribution < 1.29 is 3.79 Å². The molecule has 0 aliphatic heterocycles. The van der Waals surface area contributed by atoms with Gasteiger partial charge >= 0.3 is 16.6 Å². The maximum atomic E-state index is 5.39. The van der Waals surface area contributed by atoms with Gasteiger partial charge in [0, 0.05) is 11.9 Å². The lowest BCUT2D eigenvalue weighted by atomic mass is 10.2. The SMILES string of the molecule is [Al][O]c1cncc2c1c1ncccc1n2-c1ccccc1. The summed E-state index contributed by atoms with van der Waals surface area (Å²) in [5.41, 5.74) is 4.01. The Bertz CT molecular complexity index is 934. The highest BCUT2D eigenvalue weighted by atomic mass is 27.1. The molecular weight excluding hydrogens is 277 g/mol. The van der Waals surface area contributed by atoms with Crippen LogP contribution in [0.1, 0.15) is 0 Å². The molecule has 0 unspecified atom stereocenters. The summed E-state index contributed by atoms with van der Waals surface area (Å²) in [4.78, 5) is 8.80. The number of hydrogen-bond acceptors (Lipinski definition) is 3. The van der Waals surface area contributed by atoms with Gasteiger partial charge < -0.3 is 8.36 Å². The van der Waals surface area contributed by atoms with E-state index in [1.807, 2.05) is 30.5 Å². The monoisotopic (exact) mass is 287 g/mol. The van der Waals surface area contributed by atoms with Gasteiger partial charge in [0.1, 0.15) is 11.3 Å². The minimum Gasteiger partial charge on any atom is -0.652 e. The van der Waals surface area contributed by atoms with Crippen molar-refractivity contribution in [2.75, 3.05) is 0 Å². The molecular formula is C16H10AlN3O. The van der Waals surface area contributed by atoms with E-state index in [4.69, 9.17) is 3.79 Å². The molecule has 5 heteroatoms. The highest BCUT2D eigenvalue weighted by Crippen LogP contribution is 2.35. The van der Waals surface area contributed by atoms with E-state index in [0.717, 1.165) is 27.6 Å². The van der Waals surface area contributed by atoms with Gasteiger partial charge in [0.25, 0.3) is 0 Å². The van der Waals surface area contributed by atoms with Crippen LogP contribution in [0.4, 0.5) is 0 Å². The molecule has 0 bridgehead atoms. The fourth-order valence-electron chi connectivity index (χ4n) is 2.68. The van der Waals surface area contributed by atoms with E-state index >= 15 is 0 Å². The van der Waals surface area contributed by atoms with Crippen LogP contribution < -0.4 is 3.79 Å². The Balaban J connectivity index is 2.23. The zero-order valence-electron chi connectivity index (χ0n) is 11.1. The molecule has 21 heavy (non-hydrogen) atoms. The Morgan fingerprint density at radius 1 is 0.952 bits per heavy atom. The lowest BCUT2D eigenvalue weighted by molar-refractivity contribution is 0.620. The predicted octanol–water partition coefficient (Wildman–Crippen LogP) is 3.04. The Hall–Kier alpha value is -2.35. The van der Waals surface area contributed by atoms with Crippen molar-refractivity contribution in [1.82, 2.24) is 14.5 Å². The number of rotatable bonds is 2. The van der Waals surface area contributed by atoms with Crippen molar-refractivity contribution in [2.45, 2.75) is 0 Å². The quantitative estimate of drug-likeness (QED) is 0.532. The summed E-state index contributed by atoms with van der Waals surface area (Å²) in [7, 11) is 0. The molecule has 3 aromatic heterocycles. The summed E-state index contributed by atoms with van der Waals surface area (Å²) in [6.07, 6.45) is 5.35. The van der Waals surface area contributed by atoms with Crippen LogP contribution in [0, 0.1) is 0 Å². The molecule has 1 aromatic carbocycles. The van der Waals surface area contributed by atoms with Gasteiger partial charge in [0.15, 0.2) is 0 Å². The fourth-order valence-corrected chi connectivity index (χ4v) is 2.86. The van der Waals surface area contributed by atoms with Gasteiger partial charge in [-0.05, 0) is 24.3 Å². The van der Waals surface area contributed by atoms with Crippen LogP contribution in [0.3, 0.4) is 0 Å². The first-order valence-electron chi connectivity index (χ1n) is 6.55. The summed E-state index contributed by atoms with van der Waals surface area (Å²) >= 11 is 2.28. The van der Waals surface area contributed by atoms with E-state index in [1.54, 1.807) is 12.4 Å². The van der Waals surface area contributed by atoms with Gasteiger partial charge in [-0.3, -0.25) is 9.97 Å². The van der Waals surface area contributed by atoms with Crippen LogP contribution in [-0.4, -0.2) is 31.2 Å². The maximum absolute atomic E-state index is 5.39. The van der Waals surface area contributed by atoms with Gasteiger partial charge in [-0.2, -0.15) is 0 Å².